The van der Waals surface area contributed by atoms with Crippen molar-refractivity contribution >= 4 is 57.7 Å². The van der Waals surface area contributed by atoms with Crippen molar-refractivity contribution < 1.29 is 16.8 Å². The van der Waals surface area contributed by atoms with E-state index in [0.717, 1.165) is 11.1 Å². The molecule has 0 atom stereocenters. The molecule has 0 amide bonds. The van der Waals surface area contributed by atoms with Crippen molar-refractivity contribution in [2.75, 3.05) is 19.8 Å². The fourth-order valence-electron chi connectivity index (χ4n) is 1.99. The molecule has 0 fully saturated rings. The van der Waals surface area contributed by atoms with E-state index in [-0.39, 0.29) is 9.79 Å². The number of nitrogen functional groups attached to an aromatic ring is 1. The molecule has 0 aliphatic heterocycles. The predicted molar refractivity (Wildman–Crippen MR) is 117 cm³/mol. The van der Waals surface area contributed by atoms with Crippen LogP contribution in [0.15, 0.2) is 55.1 Å². The van der Waals surface area contributed by atoms with Crippen LogP contribution in [0.2, 0.25) is 0 Å². The summed E-state index contributed by atoms with van der Waals surface area (Å²) in [6.45, 7) is 3.58. The third kappa shape index (κ3) is 8.17. The summed E-state index contributed by atoms with van der Waals surface area (Å²) in [5.74, 6) is 0. The second-order valence-corrected chi connectivity index (χ2v) is 11.3. The summed E-state index contributed by atoms with van der Waals surface area (Å²) in [6.07, 6.45) is 1.24. The summed E-state index contributed by atoms with van der Waals surface area (Å²) >= 11 is 3.18. The standard InChI is InChI=1S/C10H15N3O2S.C7H6BrClO2S/c1-8-4-9(11)6-10(5-8)16(14,15)12-7-13(2)3;1-5-2-6(8)4-7(3-5)12(9,10)11/h4-7H,11H2,1-3H3;2-4H,1H3. The number of rotatable bonds is 4. The zero-order valence-electron chi connectivity index (χ0n) is 15.7. The summed E-state index contributed by atoms with van der Waals surface area (Å²) in [6, 6.07) is 9.44. The summed E-state index contributed by atoms with van der Waals surface area (Å²) in [7, 11) is 1.29. The number of nitrogens with two attached hydrogens (primary N) is 1. The molecular weight excluding hydrogens is 490 g/mol. The number of benzene rings is 2. The van der Waals surface area contributed by atoms with Crippen molar-refractivity contribution in [1.29, 1.82) is 0 Å². The molecule has 154 valence electrons. The lowest BCUT2D eigenvalue weighted by atomic mass is 10.2. The van der Waals surface area contributed by atoms with Crippen LogP contribution in [0.4, 0.5) is 5.69 Å². The van der Waals surface area contributed by atoms with E-state index in [4.69, 9.17) is 16.4 Å². The highest BCUT2D eigenvalue weighted by atomic mass is 79.9. The maximum absolute atomic E-state index is 11.8. The molecule has 0 spiro atoms. The van der Waals surface area contributed by atoms with Gasteiger partial charge in [-0.05, 0) is 61.4 Å². The smallest absolute Gasteiger partial charge is 0.283 e. The van der Waals surface area contributed by atoms with Crippen LogP contribution in [0, 0.1) is 13.8 Å². The molecule has 0 saturated carbocycles. The molecule has 2 N–H and O–H groups in total. The second kappa shape index (κ2) is 9.73. The minimum Gasteiger partial charge on any atom is -0.399 e. The molecule has 0 heterocycles. The van der Waals surface area contributed by atoms with Crippen molar-refractivity contribution in [2.45, 2.75) is 23.6 Å². The molecule has 0 unspecified atom stereocenters. The lowest BCUT2D eigenvalue weighted by Crippen LogP contribution is -2.10. The van der Waals surface area contributed by atoms with Gasteiger partial charge in [-0.3, -0.25) is 0 Å². The van der Waals surface area contributed by atoms with Gasteiger partial charge >= 0.3 is 0 Å². The molecule has 2 rings (SSSR count). The zero-order valence-corrected chi connectivity index (χ0v) is 19.7. The van der Waals surface area contributed by atoms with Crippen LogP contribution < -0.4 is 5.73 Å². The van der Waals surface area contributed by atoms with Crippen LogP contribution >= 0.6 is 26.6 Å². The lowest BCUT2D eigenvalue weighted by Gasteiger charge is -2.05. The number of aryl methyl sites for hydroxylation is 2. The molecule has 11 heteroatoms. The van der Waals surface area contributed by atoms with Crippen LogP contribution in [-0.2, 0) is 19.1 Å². The van der Waals surface area contributed by atoms with Gasteiger partial charge in [-0.15, -0.1) is 4.40 Å². The van der Waals surface area contributed by atoms with Gasteiger partial charge in [0.25, 0.3) is 19.1 Å². The van der Waals surface area contributed by atoms with Gasteiger partial charge in [-0.1, -0.05) is 15.9 Å². The third-order valence-electron chi connectivity index (χ3n) is 3.09. The van der Waals surface area contributed by atoms with Crippen LogP contribution in [0.25, 0.3) is 0 Å². The van der Waals surface area contributed by atoms with E-state index in [1.165, 1.54) is 24.5 Å². The number of anilines is 1. The van der Waals surface area contributed by atoms with Crippen molar-refractivity contribution in [1.82, 2.24) is 4.90 Å². The Hall–Kier alpha value is -1.62. The molecule has 0 radical (unpaired) electrons. The van der Waals surface area contributed by atoms with Gasteiger partial charge < -0.3 is 10.6 Å². The summed E-state index contributed by atoms with van der Waals surface area (Å²) in [5.41, 5.74) is 7.64. The molecule has 0 aliphatic rings. The van der Waals surface area contributed by atoms with Gasteiger partial charge in [0.15, 0.2) is 0 Å². The molecule has 7 nitrogen and oxygen atoms in total. The van der Waals surface area contributed by atoms with E-state index < -0.39 is 19.1 Å². The van der Waals surface area contributed by atoms with E-state index in [0.29, 0.717) is 10.2 Å². The van der Waals surface area contributed by atoms with Crippen molar-refractivity contribution in [3.8, 4) is 0 Å². The molecule has 0 bridgehead atoms. The topological polar surface area (TPSA) is 110 Å². The number of hydrogen-bond acceptors (Lipinski definition) is 5. The fourth-order valence-corrected chi connectivity index (χ4v) is 4.66. The lowest BCUT2D eigenvalue weighted by molar-refractivity contribution is 0.594. The summed E-state index contributed by atoms with van der Waals surface area (Å²) < 4.78 is 49.5. The monoisotopic (exact) mass is 509 g/mol. The van der Waals surface area contributed by atoms with Gasteiger partial charge in [-0.2, -0.15) is 8.42 Å². The number of nitrogens with zero attached hydrogens (tertiary/aromatic N) is 2. The number of sulfonamides is 1. The maximum Gasteiger partial charge on any atom is 0.283 e. The van der Waals surface area contributed by atoms with Gasteiger partial charge in [-0.25, -0.2) is 8.42 Å². The van der Waals surface area contributed by atoms with Crippen LogP contribution in [0.3, 0.4) is 0 Å². The Labute approximate surface area is 178 Å². The molecule has 2 aromatic rings. The normalized spacial score (nSPS) is 11.8. The average Bonchev–Trinajstić information content (AvgIpc) is 2.51. The van der Waals surface area contributed by atoms with Crippen molar-refractivity contribution in [3.63, 3.8) is 0 Å². The quantitative estimate of drug-likeness (QED) is 0.291. The summed E-state index contributed by atoms with van der Waals surface area (Å²) in [4.78, 5) is 1.79. The predicted octanol–water partition coefficient (Wildman–Crippen LogP) is 3.54. The highest BCUT2D eigenvalue weighted by Gasteiger charge is 2.13. The van der Waals surface area contributed by atoms with Crippen LogP contribution in [-0.4, -0.2) is 42.2 Å². The molecule has 28 heavy (non-hydrogen) atoms. The minimum atomic E-state index is -3.65. The Morgan fingerprint density at radius 2 is 1.50 bits per heavy atom. The van der Waals surface area contributed by atoms with E-state index >= 15 is 0 Å². The highest BCUT2D eigenvalue weighted by molar-refractivity contribution is 9.10. The molecular formula is C17H21BrClN3O4S2. The van der Waals surface area contributed by atoms with Crippen molar-refractivity contribution in [2.24, 2.45) is 4.40 Å². The Morgan fingerprint density at radius 3 is 1.96 bits per heavy atom. The Morgan fingerprint density at radius 1 is 0.964 bits per heavy atom. The second-order valence-electron chi connectivity index (χ2n) is 6.14. The Bertz CT molecular complexity index is 1050. The fraction of sp³-hybridized carbons (Fsp3) is 0.235. The van der Waals surface area contributed by atoms with E-state index in [1.54, 1.807) is 45.0 Å². The third-order valence-corrected chi connectivity index (χ3v) is 6.08. The first-order valence-corrected chi connectivity index (χ1v) is 12.3. The molecule has 0 saturated heterocycles. The molecule has 0 aromatic heterocycles. The minimum absolute atomic E-state index is 0.114. The first-order chi connectivity index (χ1) is 12.7. The van der Waals surface area contributed by atoms with Gasteiger partial charge in [0.2, 0.25) is 0 Å². The number of halogens is 2. The Balaban J connectivity index is 0.000000292. The zero-order chi connectivity index (χ0) is 21.7. The molecule has 0 aliphatic carbocycles. The van der Waals surface area contributed by atoms with Crippen LogP contribution in [0.1, 0.15) is 11.1 Å². The number of hydrogen-bond donors (Lipinski definition) is 1. The highest BCUT2D eigenvalue weighted by Crippen LogP contribution is 2.21. The van der Waals surface area contributed by atoms with Crippen LogP contribution in [0.5, 0.6) is 0 Å². The maximum atomic E-state index is 11.8. The van der Waals surface area contributed by atoms with Crippen molar-refractivity contribution in [3.05, 3.63) is 52.0 Å². The SMILES string of the molecule is Cc1cc(Br)cc(S(=O)(=O)Cl)c1.Cc1cc(N)cc(S(=O)(=O)N=CN(C)C)c1. The first-order valence-electron chi connectivity index (χ1n) is 7.76. The van der Waals surface area contributed by atoms with E-state index in [9.17, 15) is 16.8 Å². The van der Waals surface area contributed by atoms with Gasteiger partial charge in [0.05, 0.1) is 9.79 Å². The average molecular weight is 511 g/mol. The summed E-state index contributed by atoms with van der Waals surface area (Å²) in [5, 5.41) is 0. The van der Waals surface area contributed by atoms with E-state index in [2.05, 4.69) is 20.3 Å². The molecule has 2 aromatic carbocycles. The van der Waals surface area contributed by atoms with Gasteiger partial charge in [0, 0.05) is 34.9 Å². The van der Waals surface area contributed by atoms with E-state index in [1.807, 2.05) is 6.07 Å². The largest absolute Gasteiger partial charge is 0.399 e. The first kappa shape index (κ1) is 24.4. The van der Waals surface area contributed by atoms with Gasteiger partial charge in [0.1, 0.15) is 6.34 Å². The Kier molecular flexibility index (Phi) is 8.48.